The van der Waals surface area contributed by atoms with E-state index < -0.39 is 17.6 Å². The molecule has 0 radical (unpaired) electrons. The van der Waals surface area contributed by atoms with Crippen molar-refractivity contribution in [1.82, 2.24) is 9.47 Å². The van der Waals surface area contributed by atoms with Gasteiger partial charge in [-0.05, 0) is 26.8 Å². The van der Waals surface area contributed by atoms with Crippen molar-refractivity contribution in [3.8, 4) is 0 Å². The minimum absolute atomic E-state index is 0.163. The fourth-order valence-corrected chi connectivity index (χ4v) is 1.45. The number of pyridine rings is 1. The average Bonchev–Trinajstić information content (AvgIpc) is 2.31. The number of amides is 2. The van der Waals surface area contributed by atoms with Gasteiger partial charge in [0.05, 0.1) is 0 Å². The van der Waals surface area contributed by atoms with E-state index in [-0.39, 0.29) is 12.1 Å². The Labute approximate surface area is 123 Å². The molecule has 0 atom stereocenters. The molecular weight excluding hydrogens is 274 g/mol. The number of carbonyl (C=O) groups is 2. The monoisotopic (exact) mass is 295 g/mol. The second-order valence-electron chi connectivity index (χ2n) is 5.75. The van der Waals surface area contributed by atoms with Crippen LogP contribution in [0.15, 0.2) is 23.1 Å². The fraction of sp³-hybridized carbons (Fsp3) is 0.500. The van der Waals surface area contributed by atoms with Crippen LogP contribution < -0.4 is 10.9 Å². The maximum absolute atomic E-state index is 11.8. The summed E-state index contributed by atoms with van der Waals surface area (Å²) < 4.78 is 6.53. The van der Waals surface area contributed by atoms with Gasteiger partial charge in [0.2, 0.25) is 5.91 Å². The lowest BCUT2D eigenvalue weighted by atomic mass is 10.2. The maximum Gasteiger partial charge on any atom is 0.410 e. The van der Waals surface area contributed by atoms with Crippen LogP contribution in [0.2, 0.25) is 0 Å². The number of anilines is 1. The second kappa shape index (κ2) is 6.43. The van der Waals surface area contributed by atoms with Crippen LogP contribution in [0.5, 0.6) is 0 Å². The van der Waals surface area contributed by atoms with Crippen LogP contribution in [0.1, 0.15) is 20.8 Å². The first-order chi connectivity index (χ1) is 9.58. The van der Waals surface area contributed by atoms with Crippen LogP contribution in [0.25, 0.3) is 0 Å². The predicted molar refractivity (Wildman–Crippen MR) is 79.2 cm³/mol. The van der Waals surface area contributed by atoms with Gasteiger partial charge in [-0.1, -0.05) is 0 Å². The molecule has 0 aromatic carbocycles. The van der Waals surface area contributed by atoms with E-state index in [0.717, 1.165) is 0 Å². The van der Waals surface area contributed by atoms with Gasteiger partial charge in [-0.15, -0.1) is 0 Å². The van der Waals surface area contributed by atoms with Crippen molar-refractivity contribution in [1.29, 1.82) is 0 Å². The van der Waals surface area contributed by atoms with Gasteiger partial charge in [-0.25, -0.2) is 4.79 Å². The second-order valence-corrected chi connectivity index (χ2v) is 5.75. The highest BCUT2D eigenvalue weighted by molar-refractivity contribution is 5.93. The van der Waals surface area contributed by atoms with Crippen LogP contribution in [0, 0.1) is 0 Å². The number of rotatable bonds is 3. The minimum atomic E-state index is -0.618. The van der Waals surface area contributed by atoms with Gasteiger partial charge in [0.1, 0.15) is 12.1 Å². The Morgan fingerprint density at radius 3 is 2.52 bits per heavy atom. The number of hydrogen-bond donors (Lipinski definition) is 1. The molecule has 0 fully saturated rings. The molecule has 7 nitrogen and oxygen atoms in total. The Kier molecular flexibility index (Phi) is 5.12. The Bertz CT molecular complexity index is 587. The van der Waals surface area contributed by atoms with Crippen molar-refractivity contribution in [2.75, 3.05) is 18.9 Å². The van der Waals surface area contributed by atoms with E-state index in [2.05, 4.69) is 5.32 Å². The van der Waals surface area contributed by atoms with E-state index in [1.165, 1.54) is 22.6 Å². The quantitative estimate of drug-likeness (QED) is 0.908. The Balaban J connectivity index is 2.59. The molecule has 0 aliphatic carbocycles. The highest BCUT2D eigenvalue weighted by Crippen LogP contribution is 2.09. The lowest BCUT2D eigenvalue weighted by Gasteiger charge is -2.24. The summed E-state index contributed by atoms with van der Waals surface area (Å²) in [6, 6.07) is 2.91. The number of likely N-dealkylation sites (N-methyl/N-ethyl adjacent to an activating group) is 1. The summed E-state index contributed by atoms with van der Waals surface area (Å²) in [5.41, 5.74) is -0.457. The third kappa shape index (κ3) is 5.68. The zero-order chi connectivity index (χ0) is 16.2. The molecule has 1 N–H and O–H groups in total. The summed E-state index contributed by atoms with van der Waals surface area (Å²) >= 11 is 0. The van der Waals surface area contributed by atoms with Crippen molar-refractivity contribution in [3.05, 3.63) is 28.7 Å². The number of nitrogens with zero attached hydrogens (tertiary/aromatic N) is 2. The van der Waals surface area contributed by atoms with Crippen LogP contribution >= 0.6 is 0 Å². The van der Waals surface area contributed by atoms with Crippen LogP contribution in [0.3, 0.4) is 0 Å². The van der Waals surface area contributed by atoms with E-state index >= 15 is 0 Å². The van der Waals surface area contributed by atoms with Crippen molar-refractivity contribution in [2.24, 2.45) is 7.05 Å². The highest BCUT2D eigenvalue weighted by Gasteiger charge is 2.21. The Morgan fingerprint density at radius 2 is 2.00 bits per heavy atom. The summed E-state index contributed by atoms with van der Waals surface area (Å²) in [6.45, 7) is 5.08. The number of nitrogens with one attached hydrogen (secondary N) is 1. The van der Waals surface area contributed by atoms with E-state index in [9.17, 15) is 14.4 Å². The number of aryl methyl sites for hydroxylation is 1. The molecule has 1 aromatic heterocycles. The van der Waals surface area contributed by atoms with Crippen LogP contribution in [0.4, 0.5) is 10.5 Å². The van der Waals surface area contributed by atoms with Gasteiger partial charge in [0.15, 0.2) is 0 Å². The number of aromatic nitrogens is 1. The maximum atomic E-state index is 11.8. The third-order valence-corrected chi connectivity index (χ3v) is 2.47. The number of ether oxygens (including phenoxy) is 1. The van der Waals surface area contributed by atoms with Crippen molar-refractivity contribution in [3.63, 3.8) is 0 Å². The molecule has 21 heavy (non-hydrogen) atoms. The standard InChI is InChI=1S/C14H21N3O4/c1-14(2,3)21-13(20)17(5)9-11(18)15-10-6-7-16(4)12(19)8-10/h6-8H,9H2,1-5H3,(H,15,18). The smallest absolute Gasteiger partial charge is 0.410 e. The van der Waals surface area contributed by atoms with Crippen molar-refractivity contribution >= 4 is 17.7 Å². The lowest BCUT2D eigenvalue weighted by Crippen LogP contribution is -2.38. The number of carbonyl (C=O) groups excluding carboxylic acids is 2. The summed E-state index contributed by atoms with van der Waals surface area (Å²) in [6.07, 6.45) is 0.969. The molecule has 2 amide bonds. The Morgan fingerprint density at radius 1 is 1.38 bits per heavy atom. The van der Waals surface area contributed by atoms with E-state index in [4.69, 9.17) is 4.74 Å². The third-order valence-electron chi connectivity index (χ3n) is 2.47. The Hall–Kier alpha value is -2.31. The molecule has 0 saturated heterocycles. The first-order valence-electron chi connectivity index (χ1n) is 6.49. The van der Waals surface area contributed by atoms with Crippen LogP contribution in [-0.4, -0.2) is 40.7 Å². The molecule has 0 spiro atoms. The van der Waals surface area contributed by atoms with Gasteiger partial charge < -0.3 is 19.5 Å². The molecule has 1 rings (SSSR count). The molecule has 0 unspecified atom stereocenters. The zero-order valence-corrected chi connectivity index (χ0v) is 13.0. The number of hydrogen-bond acceptors (Lipinski definition) is 4. The zero-order valence-electron chi connectivity index (χ0n) is 13.0. The molecule has 0 saturated carbocycles. The van der Waals surface area contributed by atoms with E-state index in [0.29, 0.717) is 5.69 Å². The van der Waals surface area contributed by atoms with Gasteiger partial charge in [-0.3, -0.25) is 9.59 Å². The summed E-state index contributed by atoms with van der Waals surface area (Å²) in [5.74, 6) is -0.406. The van der Waals surface area contributed by atoms with Gasteiger partial charge in [-0.2, -0.15) is 0 Å². The van der Waals surface area contributed by atoms with Gasteiger partial charge >= 0.3 is 6.09 Å². The molecule has 1 heterocycles. The SMILES string of the molecule is CN(CC(=O)Nc1ccn(C)c(=O)c1)C(=O)OC(C)(C)C. The molecule has 1 aromatic rings. The van der Waals surface area contributed by atoms with E-state index in [1.54, 1.807) is 40.1 Å². The summed E-state index contributed by atoms with van der Waals surface area (Å²) in [7, 11) is 3.09. The normalized spacial score (nSPS) is 10.9. The van der Waals surface area contributed by atoms with Crippen molar-refractivity contribution in [2.45, 2.75) is 26.4 Å². The molecule has 0 aliphatic rings. The van der Waals surface area contributed by atoms with Crippen molar-refractivity contribution < 1.29 is 14.3 Å². The van der Waals surface area contributed by atoms with Gasteiger partial charge in [0, 0.05) is 32.0 Å². The first kappa shape index (κ1) is 16.7. The summed E-state index contributed by atoms with van der Waals surface area (Å²) in [4.78, 5) is 36.1. The molecule has 0 bridgehead atoms. The van der Waals surface area contributed by atoms with E-state index in [1.807, 2.05) is 0 Å². The molecule has 0 aliphatic heterocycles. The highest BCUT2D eigenvalue weighted by atomic mass is 16.6. The molecule has 116 valence electrons. The molecule has 7 heteroatoms. The topological polar surface area (TPSA) is 80.6 Å². The van der Waals surface area contributed by atoms with Crippen LogP contribution in [-0.2, 0) is 16.6 Å². The average molecular weight is 295 g/mol. The summed E-state index contributed by atoms with van der Waals surface area (Å²) in [5, 5.41) is 2.56. The first-order valence-corrected chi connectivity index (χ1v) is 6.49. The molecular formula is C14H21N3O4. The fourth-order valence-electron chi connectivity index (χ4n) is 1.45. The van der Waals surface area contributed by atoms with Gasteiger partial charge in [0.25, 0.3) is 5.56 Å². The predicted octanol–water partition coefficient (Wildman–Crippen LogP) is 1.19. The lowest BCUT2D eigenvalue weighted by molar-refractivity contribution is -0.117. The largest absolute Gasteiger partial charge is 0.444 e. The minimum Gasteiger partial charge on any atom is -0.444 e.